The van der Waals surface area contributed by atoms with Crippen molar-refractivity contribution in [2.45, 2.75) is 44.9 Å². The van der Waals surface area contributed by atoms with Crippen molar-refractivity contribution in [1.29, 1.82) is 0 Å². The second-order valence-electron chi connectivity index (χ2n) is 11.0. The topological polar surface area (TPSA) is 114 Å². The summed E-state index contributed by atoms with van der Waals surface area (Å²) in [5.41, 5.74) is 3.57. The molecule has 45 heavy (non-hydrogen) atoms. The Morgan fingerprint density at radius 3 is 1.69 bits per heavy atom. The van der Waals surface area contributed by atoms with Crippen molar-refractivity contribution in [3.63, 3.8) is 0 Å². The van der Waals surface area contributed by atoms with Crippen molar-refractivity contribution < 1.29 is 42.9 Å². The third kappa shape index (κ3) is 7.60. The average Bonchev–Trinajstić information content (AvgIpc) is 3.30. The first-order chi connectivity index (χ1) is 21.6. The molecular weight excluding hydrogens is 576 g/mol. The number of fused-ring (bicyclic) bond motifs is 4. The first-order valence-electron chi connectivity index (χ1n) is 14.7. The van der Waals surface area contributed by atoms with Gasteiger partial charge in [-0.25, -0.2) is 9.59 Å². The Kier molecular flexibility index (Phi) is 10.8. The number of rotatable bonds is 15. The molecule has 0 atom stereocenters. The van der Waals surface area contributed by atoms with Gasteiger partial charge in [-0.05, 0) is 72.4 Å². The molecule has 0 radical (unpaired) electrons. The summed E-state index contributed by atoms with van der Waals surface area (Å²) in [6.45, 7) is 9.81. The number of carbonyl (C=O) groups is 4. The lowest BCUT2D eigenvalue weighted by atomic mass is 9.70. The molecule has 9 heteroatoms. The Labute approximate surface area is 262 Å². The number of methoxy groups -OCH3 is 1. The molecule has 1 aliphatic rings. The fraction of sp³-hybridized carbons (Fsp3) is 0.333. The second-order valence-corrected chi connectivity index (χ2v) is 11.0. The molecule has 236 valence electrons. The minimum absolute atomic E-state index is 0.0318. The van der Waals surface area contributed by atoms with Crippen LogP contribution in [0.5, 0.6) is 5.75 Å². The summed E-state index contributed by atoms with van der Waals surface area (Å²) < 4.78 is 26.7. The van der Waals surface area contributed by atoms with Gasteiger partial charge in [0.25, 0.3) is 0 Å². The SMILES string of the molecule is C=C(C)C(=O)OCCOC(=O)CCC1(CCC(=O)OCCOC(=O)C(=C)C)c2cc3ccccc3cc2-c2cccc(OC)c21. The number of hydrogen-bond donors (Lipinski definition) is 0. The van der Waals surface area contributed by atoms with Crippen molar-refractivity contribution in [1.82, 2.24) is 0 Å². The van der Waals surface area contributed by atoms with Crippen molar-refractivity contribution in [3.8, 4) is 16.9 Å². The van der Waals surface area contributed by atoms with Gasteiger partial charge < -0.3 is 23.7 Å². The van der Waals surface area contributed by atoms with Gasteiger partial charge in [0.2, 0.25) is 0 Å². The summed E-state index contributed by atoms with van der Waals surface area (Å²) in [4.78, 5) is 49.2. The van der Waals surface area contributed by atoms with E-state index in [0.29, 0.717) is 18.6 Å². The lowest BCUT2D eigenvalue weighted by Crippen LogP contribution is -2.29. The minimum atomic E-state index is -0.793. The molecule has 3 aromatic rings. The van der Waals surface area contributed by atoms with Crippen LogP contribution in [0.15, 0.2) is 78.9 Å². The summed E-state index contributed by atoms with van der Waals surface area (Å²) in [6.07, 6.45) is 0.702. The van der Waals surface area contributed by atoms with Gasteiger partial charge in [0.05, 0.1) is 7.11 Å². The van der Waals surface area contributed by atoms with Crippen LogP contribution in [0, 0.1) is 0 Å². The minimum Gasteiger partial charge on any atom is -0.496 e. The lowest BCUT2D eigenvalue weighted by Gasteiger charge is -2.33. The normalized spacial score (nSPS) is 12.4. The molecule has 0 aromatic heterocycles. The maximum atomic E-state index is 13.0. The van der Waals surface area contributed by atoms with E-state index < -0.39 is 29.3 Å². The number of carbonyl (C=O) groups excluding carboxylic acids is 4. The Balaban J connectivity index is 1.61. The van der Waals surface area contributed by atoms with Gasteiger partial charge >= 0.3 is 23.9 Å². The Morgan fingerprint density at radius 2 is 1.18 bits per heavy atom. The zero-order valence-corrected chi connectivity index (χ0v) is 25.9. The van der Waals surface area contributed by atoms with E-state index in [9.17, 15) is 19.2 Å². The second kappa shape index (κ2) is 14.7. The van der Waals surface area contributed by atoms with Crippen LogP contribution in [0.3, 0.4) is 0 Å². The first-order valence-corrected chi connectivity index (χ1v) is 14.7. The van der Waals surface area contributed by atoms with E-state index in [-0.39, 0.29) is 50.4 Å². The van der Waals surface area contributed by atoms with Gasteiger partial charge in [-0.3, -0.25) is 9.59 Å². The van der Waals surface area contributed by atoms with Crippen molar-refractivity contribution in [2.24, 2.45) is 0 Å². The van der Waals surface area contributed by atoms with Crippen LogP contribution in [-0.2, 0) is 43.5 Å². The van der Waals surface area contributed by atoms with E-state index in [1.807, 2.05) is 42.5 Å². The predicted molar refractivity (Wildman–Crippen MR) is 169 cm³/mol. The molecule has 0 amide bonds. The summed E-state index contributed by atoms with van der Waals surface area (Å²) in [6, 6.07) is 18.1. The molecule has 3 aromatic carbocycles. The van der Waals surface area contributed by atoms with Crippen LogP contribution in [-0.4, -0.2) is 57.4 Å². The van der Waals surface area contributed by atoms with Crippen LogP contribution in [0.4, 0.5) is 0 Å². The summed E-state index contributed by atoms with van der Waals surface area (Å²) in [5.74, 6) is -1.39. The molecule has 0 spiro atoms. The number of ether oxygens (including phenoxy) is 5. The fourth-order valence-electron chi connectivity index (χ4n) is 5.66. The molecular formula is C36H38O9. The van der Waals surface area contributed by atoms with E-state index in [2.05, 4.69) is 25.3 Å². The van der Waals surface area contributed by atoms with Crippen LogP contribution in [0.2, 0.25) is 0 Å². The molecule has 0 fully saturated rings. The van der Waals surface area contributed by atoms with Gasteiger partial charge in [0.1, 0.15) is 32.2 Å². The highest BCUT2D eigenvalue weighted by atomic mass is 16.6. The highest BCUT2D eigenvalue weighted by Gasteiger charge is 2.46. The molecule has 0 aliphatic heterocycles. The number of benzene rings is 3. The predicted octanol–water partition coefficient (Wildman–Crippen LogP) is 6.00. The van der Waals surface area contributed by atoms with Gasteiger partial charge in [-0.2, -0.15) is 0 Å². The Hall–Kier alpha value is -4.92. The molecule has 4 rings (SSSR count). The molecule has 0 N–H and O–H groups in total. The van der Waals surface area contributed by atoms with E-state index in [0.717, 1.165) is 33.0 Å². The summed E-state index contributed by atoms with van der Waals surface area (Å²) >= 11 is 0. The van der Waals surface area contributed by atoms with E-state index in [1.54, 1.807) is 7.11 Å². The molecule has 9 nitrogen and oxygen atoms in total. The fourth-order valence-corrected chi connectivity index (χ4v) is 5.66. The number of esters is 4. The van der Waals surface area contributed by atoms with Crippen molar-refractivity contribution in [2.75, 3.05) is 33.5 Å². The largest absolute Gasteiger partial charge is 0.496 e. The standard InChI is InChI=1S/C36H38O9/c1-23(2)34(39)44-19-17-42-31(37)13-15-36(16-14-32(38)43-18-20-45-35(40)24(3)4)29-22-26-10-7-6-9-25(26)21-28(29)27-11-8-12-30(41-5)33(27)36/h6-12,21-22H,1,3,13-20H2,2,4-5H3. The third-order valence-electron chi connectivity index (χ3n) is 7.78. The quantitative estimate of drug-likeness (QED) is 0.0880. The zero-order chi connectivity index (χ0) is 32.6. The maximum absolute atomic E-state index is 13.0. The average molecular weight is 615 g/mol. The molecule has 0 saturated carbocycles. The highest BCUT2D eigenvalue weighted by Crippen LogP contribution is 2.57. The Bertz CT molecular complexity index is 1580. The van der Waals surface area contributed by atoms with E-state index in [1.165, 1.54) is 13.8 Å². The lowest BCUT2D eigenvalue weighted by molar-refractivity contribution is -0.150. The summed E-state index contributed by atoms with van der Waals surface area (Å²) in [7, 11) is 1.60. The van der Waals surface area contributed by atoms with Crippen LogP contribution in [0.25, 0.3) is 21.9 Å². The smallest absolute Gasteiger partial charge is 0.333 e. The zero-order valence-electron chi connectivity index (χ0n) is 25.9. The molecule has 0 saturated heterocycles. The number of hydrogen-bond acceptors (Lipinski definition) is 9. The van der Waals surface area contributed by atoms with Crippen LogP contribution < -0.4 is 4.74 Å². The van der Waals surface area contributed by atoms with E-state index in [4.69, 9.17) is 23.7 Å². The third-order valence-corrected chi connectivity index (χ3v) is 7.78. The van der Waals surface area contributed by atoms with Gasteiger partial charge in [-0.15, -0.1) is 0 Å². The molecule has 0 heterocycles. The first kappa shape index (κ1) is 33.0. The van der Waals surface area contributed by atoms with Crippen molar-refractivity contribution >= 4 is 34.6 Å². The molecule has 0 bridgehead atoms. The summed E-state index contributed by atoms with van der Waals surface area (Å²) in [5, 5.41) is 2.09. The maximum Gasteiger partial charge on any atom is 0.333 e. The monoisotopic (exact) mass is 614 g/mol. The van der Waals surface area contributed by atoms with Gasteiger partial charge in [0, 0.05) is 35.0 Å². The van der Waals surface area contributed by atoms with Gasteiger partial charge in [0.15, 0.2) is 0 Å². The van der Waals surface area contributed by atoms with E-state index >= 15 is 0 Å². The van der Waals surface area contributed by atoms with Crippen molar-refractivity contribution in [3.05, 3.63) is 90.0 Å². The Morgan fingerprint density at radius 1 is 0.667 bits per heavy atom. The van der Waals surface area contributed by atoms with Gasteiger partial charge in [-0.1, -0.05) is 49.6 Å². The molecule has 0 unspecified atom stereocenters. The highest BCUT2D eigenvalue weighted by molar-refractivity contribution is 5.95. The van der Waals surface area contributed by atoms with Crippen LogP contribution >= 0.6 is 0 Å². The molecule has 1 aliphatic carbocycles. The van der Waals surface area contributed by atoms with Crippen LogP contribution in [0.1, 0.15) is 50.7 Å².